The fourth-order valence-corrected chi connectivity index (χ4v) is 0.597. The van der Waals surface area contributed by atoms with E-state index < -0.39 is 31.1 Å². The fraction of sp³-hybridized carbons (Fsp3) is 0.833. The van der Waals surface area contributed by atoms with Crippen LogP contribution in [0.15, 0.2) is 0 Å². The molecule has 0 aromatic carbocycles. The molecular weight excluding hydrogens is 271 g/mol. The number of halogens is 4. The van der Waals surface area contributed by atoms with E-state index in [0.717, 1.165) is 0 Å². The van der Waals surface area contributed by atoms with Crippen molar-refractivity contribution in [3.8, 4) is 0 Å². The average Bonchev–Trinajstić information content (AvgIpc) is 2.02. The minimum absolute atomic E-state index is 0. The maximum Gasteiger partial charge on any atom is 0.299 e. The Balaban J connectivity index is 0. The number of nitrogens with one attached hydrogen (secondary N) is 1. The van der Waals surface area contributed by atoms with Gasteiger partial charge in [-0.15, -0.1) is 0 Å². The van der Waals surface area contributed by atoms with Crippen molar-refractivity contribution in [3.63, 3.8) is 0 Å². The average molecular weight is 280 g/mol. The Kier molecular flexibility index (Phi) is 8.96. The number of alkyl halides is 4. The van der Waals surface area contributed by atoms with Crippen LogP contribution in [-0.2, 0) is 27.2 Å². The summed E-state index contributed by atoms with van der Waals surface area (Å²) in [7, 11) is 1.33. The number of rotatable bonds is 5. The van der Waals surface area contributed by atoms with E-state index in [2.05, 4.69) is 5.32 Å². The van der Waals surface area contributed by atoms with Crippen molar-refractivity contribution in [2.75, 3.05) is 13.6 Å². The summed E-state index contributed by atoms with van der Waals surface area (Å²) < 4.78 is 47.8. The molecule has 0 bridgehead atoms. The standard InChI is InChI=1S/C6H9F4NO.Nb/c1-11-2-3(7)4(8)5(12)6(9)10;/h3-4,6,11H,2H2,1H3;. The zero-order valence-electron chi connectivity index (χ0n) is 6.81. The molecule has 1 N–H and O–H groups in total. The molecule has 0 fully saturated rings. The van der Waals surface area contributed by atoms with E-state index in [1.54, 1.807) is 0 Å². The monoisotopic (exact) mass is 280 g/mol. The SMILES string of the molecule is CNCC(F)C(F)C(=O)C(F)F.[Nb]. The van der Waals surface area contributed by atoms with Gasteiger partial charge in [0.1, 0.15) is 0 Å². The largest absolute Gasteiger partial charge is 0.317 e. The summed E-state index contributed by atoms with van der Waals surface area (Å²) >= 11 is 0. The van der Waals surface area contributed by atoms with Crippen molar-refractivity contribution in [1.82, 2.24) is 5.32 Å². The van der Waals surface area contributed by atoms with Gasteiger partial charge in [0.2, 0.25) is 5.78 Å². The minimum Gasteiger partial charge on any atom is -0.317 e. The molecule has 77 valence electrons. The molecule has 0 aliphatic rings. The molecule has 0 spiro atoms. The summed E-state index contributed by atoms with van der Waals surface area (Å²) in [6.45, 7) is -0.459. The molecular formula is C6H9F4NNbO. The minimum atomic E-state index is -3.45. The summed E-state index contributed by atoms with van der Waals surface area (Å²) in [5.41, 5.74) is 0. The van der Waals surface area contributed by atoms with Crippen molar-refractivity contribution < 1.29 is 44.7 Å². The van der Waals surface area contributed by atoms with Gasteiger partial charge >= 0.3 is 0 Å². The summed E-state index contributed by atoms with van der Waals surface area (Å²) in [6.07, 6.45) is -8.40. The van der Waals surface area contributed by atoms with Gasteiger partial charge in [0, 0.05) is 28.9 Å². The number of hydrogen-bond donors (Lipinski definition) is 1. The molecule has 0 aromatic rings. The molecule has 2 atom stereocenters. The summed E-state index contributed by atoms with van der Waals surface area (Å²) in [5.74, 6) is -2.00. The number of Topliss-reactive ketones (excluding diaryl/α,β-unsaturated/α-hetero) is 1. The van der Waals surface area contributed by atoms with Gasteiger partial charge in [-0.2, -0.15) is 0 Å². The van der Waals surface area contributed by atoms with Gasteiger partial charge in [0.05, 0.1) is 0 Å². The van der Waals surface area contributed by atoms with E-state index >= 15 is 0 Å². The van der Waals surface area contributed by atoms with Gasteiger partial charge in [-0.3, -0.25) is 4.79 Å². The van der Waals surface area contributed by atoms with E-state index in [9.17, 15) is 22.4 Å². The van der Waals surface area contributed by atoms with Crippen molar-refractivity contribution in [2.24, 2.45) is 0 Å². The Morgan fingerprint density at radius 2 is 1.77 bits per heavy atom. The van der Waals surface area contributed by atoms with Crippen molar-refractivity contribution in [1.29, 1.82) is 0 Å². The van der Waals surface area contributed by atoms with Crippen molar-refractivity contribution >= 4 is 5.78 Å². The van der Waals surface area contributed by atoms with Gasteiger partial charge in [0.15, 0.2) is 12.3 Å². The molecule has 0 aromatic heterocycles. The first kappa shape index (κ1) is 15.6. The first-order chi connectivity index (χ1) is 5.50. The summed E-state index contributed by atoms with van der Waals surface area (Å²) in [6, 6.07) is 0. The van der Waals surface area contributed by atoms with Gasteiger partial charge in [0.25, 0.3) is 6.43 Å². The van der Waals surface area contributed by atoms with E-state index in [1.165, 1.54) is 7.05 Å². The summed E-state index contributed by atoms with van der Waals surface area (Å²) in [5, 5.41) is 2.23. The molecule has 0 aliphatic heterocycles. The van der Waals surface area contributed by atoms with Crippen LogP contribution >= 0.6 is 0 Å². The second kappa shape index (κ2) is 7.49. The number of hydrogen-bond acceptors (Lipinski definition) is 2. The third-order valence-electron chi connectivity index (χ3n) is 1.20. The topological polar surface area (TPSA) is 29.1 Å². The molecule has 7 heteroatoms. The first-order valence-corrected chi connectivity index (χ1v) is 3.25. The molecule has 0 saturated heterocycles. The summed E-state index contributed by atoms with van der Waals surface area (Å²) in [4.78, 5) is 10.2. The Bertz CT molecular complexity index is 158. The predicted molar refractivity (Wildman–Crippen MR) is 34.7 cm³/mol. The van der Waals surface area contributed by atoms with E-state index in [0.29, 0.717) is 0 Å². The van der Waals surface area contributed by atoms with Crippen LogP contribution < -0.4 is 5.32 Å². The van der Waals surface area contributed by atoms with Gasteiger partial charge in [-0.05, 0) is 7.05 Å². The van der Waals surface area contributed by atoms with E-state index in [-0.39, 0.29) is 22.4 Å². The maximum atomic E-state index is 12.4. The Morgan fingerprint density at radius 3 is 2.08 bits per heavy atom. The molecule has 0 aliphatic carbocycles. The number of carbonyl (C=O) groups is 1. The van der Waals surface area contributed by atoms with Crippen LogP contribution in [0.25, 0.3) is 0 Å². The first-order valence-electron chi connectivity index (χ1n) is 3.25. The molecule has 2 nitrogen and oxygen atoms in total. The maximum absolute atomic E-state index is 12.4. The van der Waals surface area contributed by atoms with Crippen LogP contribution in [-0.4, -0.2) is 38.1 Å². The van der Waals surface area contributed by atoms with Crippen LogP contribution in [0.4, 0.5) is 17.6 Å². The van der Waals surface area contributed by atoms with Crippen LogP contribution in [0.1, 0.15) is 0 Å². The van der Waals surface area contributed by atoms with Gasteiger partial charge in [-0.1, -0.05) is 0 Å². The Morgan fingerprint density at radius 1 is 1.31 bits per heavy atom. The van der Waals surface area contributed by atoms with E-state index in [1.807, 2.05) is 0 Å². The predicted octanol–water partition coefficient (Wildman–Crippen LogP) is 0.714. The molecule has 0 saturated carbocycles. The quantitative estimate of drug-likeness (QED) is 0.593. The fourth-order valence-electron chi connectivity index (χ4n) is 0.597. The molecule has 0 amide bonds. The van der Waals surface area contributed by atoms with Crippen LogP contribution in [0.5, 0.6) is 0 Å². The van der Waals surface area contributed by atoms with Crippen molar-refractivity contribution in [3.05, 3.63) is 0 Å². The normalized spacial score (nSPS) is 14.9. The second-order valence-corrected chi connectivity index (χ2v) is 2.18. The molecule has 0 heterocycles. The van der Waals surface area contributed by atoms with Crippen LogP contribution in [0.2, 0.25) is 0 Å². The van der Waals surface area contributed by atoms with Gasteiger partial charge < -0.3 is 5.32 Å². The molecule has 1 radical (unpaired) electrons. The molecule has 2 unspecified atom stereocenters. The van der Waals surface area contributed by atoms with Crippen LogP contribution in [0, 0.1) is 0 Å². The Labute approximate surface area is 88.6 Å². The van der Waals surface area contributed by atoms with E-state index in [4.69, 9.17) is 0 Å². The second-order valence-electron chi connectivity index (χ2n) is 2.18. The zero-order valence-corrected chi connectivity index (χ0v) is 9.01. The number of ketones is 1. The Hall–Kier alpha value is 0.0903. The molecule has 13 heavy (non-hydrogen) atoms. The third-order valence-corrected chi connectivity index (χ3v) is 1.20. The number of carbonyl (C=O) groups excluding carboxylic acids is 1. The molecule has 0 rings (SSSR count). The smallest absolute Gasteiger partial charge is 0.299 e. The van der Waals surface area contributed by atoms with Crippen LogP contribution in [0.3, 0.4) is 0 Å². The van der Waals surface area contributed by atoms with Gasteiger partial charge in [-0.25, -0.2) is 17.6 Å². The zero-order chi connectivity index (χ0) is 9.72. The van der Waals surface area contributed by atoms with Crippen molar-refractivity contribution in [2.45, 2.75) is 18.8 Å². The third kappa shape index (κ3) is 5.41.